The molecular formula is C16H24N4O. The third kappa shape index (κ3) is 2.94. The molecule has 0 saturated heterocycles. The van der Waals surface area contributed by atoms with E-state index in [0.29, 0.717) is 6.04 Å². The molecule has 0 aromatic carbocycles. The highest BCUT2D eigenvalue weighted by Gasteiger charge is 2.22. The maximum Gasteiger partial charge on any atom is 0.155 e. The van der Waals surface area contributed by atoms with E-state index in [1.54, 1.807) is 0 Å². The van der Waals surface area contributed by atoms with E-state index in [2.05, 4.69) is 29.2 Å². The maximum absolute atomic E-state index is 9.59. The van der Waals surface area contributed by atoms with Crippen LogP contribution in [0.25, 0.3) is 5.65 Å². The monoisotopic (exact) mass is 288 g/mol. The molecule has 1 fully saturated rings. The fourth-order valence-corrected chi connectivity index (χ4v) is 3.29. The molecule has 5 nitrogen and oxygen atoms in total. The Hall–Kier alpha value is -1.46. The SMILES string of the molecule is Cc1cc2ncc([C@@H](C)NC3CCC(O)CC3)c(C)n2n1. The molecule has 2 heterocycles. The van der Waals surface area contributed by atoms with Gasteiger partial charge in [0.1, 0.15) is 0 Å². The van der Waals surface area contributed by atoms with Crippen molar-refractivity contribution in [1.29, 1.82) is 0 Å². The van der Waals surface area contributed by atoms with Crippen LogP contribution in [0.15, 0.2) is 12.3 Å². The van der Waals surface area contributed by atoms with Gasteiger partial charge in [0.25, 0.3) is 0 Å². The number of nitrogens with one attached hydrogen (secondary N) is 1. The number of aliphatic hydroxyl groups excluding tert-OH is 1. The predicted molar refractivity (Wildman–Crippen MR) is 82.3 cm³/mol. The van der Waals surface area contributed by atoms with Crippen molar-refractivity contribution in [2.75, 3.05) is 0 Å². The number of aryl methyl sites for hydroxylation is 2. The minimum atomic E-state index is -0.106. The van der Waals surface area contributed by atoms with Gasteiger partial charge in [0.2, 0.25) is 0 Å². The second kappa shape index (κ2) is 5.73. The van der Waals surface area contributed by atoms with Crippen molar-refractivity contribution in [3.05, 3.63) is 29.2 Å². The van der Waals surface area contributed by atoms with Gasteiger partial charge in [-0.1, -0.05) is 0 Å². The van der Waals surface area contributed by atoms with Crippen LogP contribution in [0.5, 0.6) is 0 Å². The summed E-state index contributed by atoms with van der Waals surface area (Å²) in [7, 11) is 0. The van der Waals surface area contributed by atoms with Gasteiger partial charge in [-0.25, -0.2) is 9.50 Å². The van der Waals surface area contributed by atoms with Crippen molar-refractivity contribution in [2.24, 2.45) is 0 Å². The zero-order valence-corrected chi connectivity index (χ0v) is 13.0. The number of hydrogen-bond donors (Lipinski definition) is 2. The first-order valence-electron chi connectivity index (χ1n) is 7.80. The Kier molecular flexibility index (Phi) is 3.95. The fourth-order valence-electron chi connectivity index (χ4n) is 3.29. The second-order valence-corrected chi connectivity index (χ2v) is 6.25. The van der Waals surface area contributed by atoms with Gasteiger partial charge in [-0.05, 0) is 46.5 Å². The molecule has 0 bridgehead atoms. The Morgan fingerprint density at radius 2 is 2.00 bits per heavy atom. The summed E-state index contributed by atoms with van der Waals surface area (Å²) in [5.41, 5.74) is 4.23. The molecule has 1 saturated carbocycles. The summed E-state index contributed by atoms with van der Waals surface area (Å²) in [4.78, 5) is 4.51. The van der Waals surface area contributed by atoms with Crippen LogP contribution >= 0.6 is 0 Å². The molecule has 1 aliphatic carbocycles. The topological polar surface area (TPSA) is 62.5 Å². The summed E-state index contributed by atoms with van der Waals surface area (Å²) in [6.45, 7) is 6.26. The van der Waals surface area contributed by atoms with Gasteiger partial charge in [-0.3, -0.25) is 0 Å². The molecule has 0 spiro atoms. The Morgan fingerprint density at radius 1 is 1.29 bits per heavy atom. The highest BCUT2D eigenvalue weighted by Crippen LogP contribution is 2.23. The van der Waals surface area contributed by atoms with E-state index in [-0.39, 0.29) is 12.1 Å². The molecule has 5 heteroatoms. The molecule has 0 amide bonds. The van der Waals surface area contributed by atoms with Gasteiger partial charge in [-0.15, -0.1) is 0 Å². The maximum atomic E-state index is 9.59. The Balaban J connectivity index is 1.78. The zero-order valence-electron chi connectivity index (χ0n) is 13.0. The minimum Gasteiger partial charge on any atom is -0.393 e. The molecule has 2 N–H and O–H groups in total. The first-order valence-corrected chi connectivity index (χ1v) is 7.80. The highest BCUT2D eigenvalue weighted by atomic mass is 16.3. The quantitative estimate of drug-likeness (QED) is 0.909. The summed E-state index contributed by atoms with van der Waals surface area (Å²) in [6, 6.07) is 2.72. The number of rotatable bonds is 3. The predicted octanol–water partition coefficient (Wildman–Crippen LogP) is 2.30. The van der Waals surface area contributed by atoms with Crippen LogP contribution in [-0.4, -0.2) is 31.9 Å². The van der Waals surface area contributed by atoms with Crippen molar-refractivity contribution in [3.63, 3.8) is 0 Å². The Morgan fingerprint density at radius 3 is 2.71 bits per heavy atom. The first-order chi connectivity index (χ1) is 10.0. The van der Waals surface area contributed by atoms with Crippen LogP contribution in [-0.2, 0) is 0 Å². The van der Waals surface area contributed by atoms with Crippen LogP contribution in [0.4, 0.5) is 0 Å². The summed E-state index contributed by atoms with van der Waals surface area (Å²) in [6.07, 6.45) is 5.74. The number of fused-ring (bicyclic) bond motifs is 1. The molecule has 2 aromatic heterocycles. The molecule has 0 unspecified atom stereocenters. The van der Waals surface area contributed by atoms with E-state index in [9.17, 15) is 5.11 Å². The van der Waals surface area contributed by atoms with Gasteiger partial charge in [-0.2, -0.15) is 5.10 Å². The molecule has 0 aliphatic heterocycles. The third-order valence-corrected chi connectivity index (χ3v) is 4.53. The van der Waals surface area contributed by atoms with Crippen LogP contribution in [0, 0.1) is 13.8 Å². The number of nitrogens with zero attached hydrogens (tertiary/aromatic N) is 3. The molecule has 114 valence electrons. The van der Waals surface area contributed by atoms with Crippen LogP contribution in [0.3, 0.4) is 0 Å². The molecule has 0 radical (unpaired) electrons. The van der Waals surface area contributed by atoms with Gasteiger partial charge >= 0.3 is 0 Å². The largest absolute Gasteiger partial charge is 0.393 e. The van der Waals surface area contributed by atoms with E-state index in [1.165, 1.54) is 5.56 Å². The van der Waals surface area contributed by atoms with E-state index in [1.807, 2.05) is 23.7 Å². The second-order valence-electron chi connectivity index (χ2n) is 6.25. The highest BCUT2D eigenvalue weighted by molar-refractivity contribution is 5.42. The average molecular weight is 288 g/mol. The van der Waals surface area contributed by atoms with Crippen LogP contribution in [0.1, 0.15) is 55.6 Å². The lowest BCUT2D eigenvalue weighted by Gasteiger charge is -2.29. The van der Waals surface area contributed by atoms with E-state index in [4.69, 9.17) is 0 Å². The lowest BCUT2D eigenvalue weighted by atomic mass is 9.92. The van der Waals surface area contributed by atoms with E-state index < -0.39 is 0 Å². The minimum absolute atomic E-state index is 0.106. The molecular weight excluding hydrogens is 264 g/mol. The smallest absolute Gasteiger partial charge is 0.155 e. The van der Waals surface area contributed by atoms with Gasteiger partial charge in [0.05, 0.1) is 11.8 Å². The van der Waals surface area contributed by atoms with Crippen LogP contribution in [0.2, 0.25) is 0 Å². The number of aromatic nitrogens is 3. The van der Waals surface area contributed by atoms with E-state index in [0.717, 1.165) is 42.7 Å². The lowest BCUT2D eigenvalue weighted by Crippen LogP contribution is -2.36. The number of aliphatic hydroxyl groups is 1. The van der Waals surface area contributed by atoms with Crippen molar-refractivity contribution < 1.29 is 5.11 Å². The molecule has 21 heavy (non-hydrogen) atoms. The lowest BCUT2D eigenvalue weighted by molar-refractivity contribution is 0.114. The van der Waals surface area contributed by atoms with Gasteiger partial charge in [0.15, 0.2) is 5.65 Å². The van der Waals surface area contributed by atoms with Crippen molar-refractivity contribution >= 4 is 5.65 Å². The Labute approximate surface area is 125 Å². The molecule has 1 atom stereocenters. The van der Waals surface area contributed by atoms with Crippen LogP contribution < -0.4 is 5.32 Å². The summed E-state index contributed by atoms with van der Waals surface area (Å²) >= 11 is 0. The van der Waals surface area contributed by atoms with Gasteiger partial charge < -0.3 is 10.4 Å². The third-order valence-electron chi connectivity index (χ3n) is 4.53. The summed E-state index contributed by atoms with van der Waals surface area (Å²) in [5.74, 6) is 0. The zero-order chi connectivity index (χ0) is 15.0. The standard InChI is InChI=1S/C16H24N4O/c1-10-8-16-17-9-15(12(3)20(16)19-10)11(2)18-13-4-6-14(21)7-5-13/h8-9,11,13-14,18,21H,4-7H2,1-3H3/t11-,13?,14?/m1/s1. The molecule has 2 aromatic rings. The summed E-state index contributed by atoms with van der Waals surface area (Å²) in [5, 5.41) is 17.8. The van der Waals surface area contributed by atoms with Crippen molar-refractivity contribution in [3.8, 4) is 0 Å². The van der Waals surface area contributed by atoms with Crippen molar-refractivity contribution in [1.82, 2.24) is 19.9 Å². The van der Waals surface area contributed by atoms with Gasteiger partial charge in [0, 0.05) is 35.6 Å². The van der Waals surface area contributed by atoms with Crippen molar-refractivity contribution in [2.45, 2.75) is 64.6 Å². The normalized spacial score (nSPS) is 24.4. The number of hydrogen-bond acceptors (Lipinski definition) is 4. The van der Waals surface area contributed by atoms with E-state index >= 15 is 0 Å². The fraction of sp³-hybridized carbons (Fsp3) is 0.625. The Bertz CT molecular complexity index is 628. The first kappa shape index (κ1) is 14.5. The molecule has 3 rings (SSSR count). The molecule has 1 aliphatic rings. The average Bonchev–Trinajstić information content (AvgIpc) is 2.83. The summed E-state index contributed by atoms with van der Waals surface area (Å²) < 4.78 is 1.92.